The second kappa shape index (κ2) is 9.68. The van der Waals surface area contributed by atoms with Crippen LogP contribution >= 0.6 is 0 Å². The third-order valence-corrected chi connectivity index (χ3v) is 5.91. The summed E-state index contributed by atoms with van der Waals surface area (Å²) < 4.78 is 1.87. The van der Waals surface area contributed by atoms with Gasteiger partial charge in [-0.05, 0) is 57.0 Å². The predicted molar refractivity (Wildman–Crippen MR) is 129 cm³/mol. The molecule has 2 amide bonds. The van der Waals surface area contributed by atoms with E-state index in [2.05, 4.69) is 20.3 Å². The number of anilines is 2. The Balaban J connectivity index is 1.40. The zero-order chi connectivity index (χ0) is 23.4. The number of hydrogen-bond acceptors (Lipinski definition) is 5. The van der Waals surface area contributed by atoms with E-state index in [0.717, 1.165) is 47.8 Å². The lowest BCUT2D eigenvalue weighted by Crippen LogP contribution is -2.41. The maximum atomic E-state index is 12.5. The highest BCUT2D eigenvalue weighted by Gasteiger charge is 2.24. The Morgan fingerprint density at radius 1 is 1.15 bits per heavy atom. The Hall–Kier alpha value is -3.94. The minimum atomic E-state index is -0.268. The summed E-state index contributed by atoms with van der Waals surface area (Å²) in [4.78, 5) is 30.5. The van der Waals surface area contributed by atoms with Crippen LogP contribution in [-0.2, 0) is 9.59 Å². The number of hydrogen-bond donors (Lipinski definition) is 2. The first kappa shape index (κ1) is 22.3. The number of aromatic nitrogens is 3. The first-order chi connectivity index (χ1) is 15.9. The number of aryl methyl sites for hydroxylation is 1. The molecule has 1 saturated heterocycles. The minimum absolute atomic E-state index is 0.150. The lowest BCUT2D eigenvalue weighted by Gasteiger charge is -2.32. The monoisotopic (exact) mass is 444 g/mol. The molecule has 1 aromatic carbocycles. The summed E-state index contributed by atoms with van der Waals surface area (Å²) >= 11 is 0. The Morgan fingerprint density at radius 3 is 2.64 bits per heavy atom. The van der Waals surface area contributed by atoms with E-state index < -0.39 is 0 Å². The quantitative estimate of drug-likeness (QED) is 0.568. The highest BCUT2D eigenvalue weighted by molar-refractivity contribution is 6.02. The maximum absolute atomic E-state index is 12.5. The second-order valence-corrected chi connectivity index (χ2v) is 8.25. The molecule has 1 aliphatic rings. The molecule has 4 rings (SSSR count). The number of piperidine rings is 1. The highest BCUT2D eigenvalue weighted by Crippen LogP contribution is 2.23. The van der Waals surface area contributed by atoms with Gasteiger partial charge >= 0.3 is 0 Å². The molecule has 0 saturated carbocycles. The highest BCUT2D eigenvalue weighted by atomic mass is 16.1. The summed E-state index contributed by atoms with van der Waals surface area (Å²) in [7, 11) is 0. The fourth-order valence-electron chi connectivity index (χ4n) is 4.12. The third-order valence-electron chi connectivity index (χ3n) is 5.91. The van der Waals surface area contributed by atoms with E-state index >= 15 is 0 Å². The molecule has 170 valence electrons. The summed E-state index contributed by atoms with van der Waals surface area (Å²) in [5.41, 5.74) is 9.76. The molecule has 1 aliphatic heterocycles. The van der Waals surface area contributed by atoms with Gasteiger partial charge in [0, 0.05) is 30.4 Å². The van der Waals surface area contributed by atoms with Crippen molar-refractivity contribution in [3.05, 3.63) is 71.7 Å². The molecule has 8 nitrogen and oxygen atoms in total. The summed E-state index contributed by atoms with van der Waals surface area (Å²) in [5.74, 6) is 0.107. The number of carbonyl (C=O) groups excluding carboxylic acids is 2. The van der Waals surface area contributed by atoms with Crippen molar-refractivity contribution in [3.8, 4) is 5.69 Å². The van der Waals surface area contributed by atoms with Gasteiger partial charge in [-0.1, -0.05) is 18.2 Å². The minimum Gasteiger partial charge on any atom is -0.369 e. The van der Waals surface area contributed by atoms with Crippen LogP contribution < -0.4 is 16.0 Å². The zero-order valence-electron chi connectivity index (χ0n) is 18.9. The standard InChI is InChI=1S/C25H28N6O2/c1-17-22(18(2)31(29-17)21-8-4-3-5-9-21)11-13-24(32)28-20-10-12-23(27-15-20)30-14-6-7-19(16-30)25(26)33/h3-5,8-13,15,19H,6-7,14,16H2,1-2H3,(H2,26,33)(H,28,32)/b13-11+. The number of amides is 2. The number of nitrogens with zero attached hydrogens (tertiary/aromatic N) is 4. The van der Waals surface area contributed by atoms with Gasteiger partial charge in [0.2, 0.25) is 11.8 Å². The number of primary amides is 1. The molecule has 3 N–H and O–H groups in total. The van der Waals surface area contributed by atoms with Crippen LogP contribution in [0.1, 0.15) is 29.8 Å². The van der Waals surface area contributed by atoms with Gasteiger partial charge in [-0.15, -0.1) is 0 Å². The van der Waals surface area contributed by atoms with Gasteiger partial charge < -0.3 is 16.0 Å². The number of nitrogens with one attached hydrogen (secondary N) is 1. The molecular weight excluding hydrogens is 416 g/mol. The SMILES string of the molecule is Cc1nn(-c2ccccc2)c(C)c1/C=C/C(=O)Nc1ccc(N2CCCC(C(N)=O)C2)nc1. The van der Waals surface area contributed by atoms with Crippen molar-refractivity contribution in [2.45, 2.75) is 26.7 Å². The molecule has 0 radical (unpaired) electrons. The van der Waals surface area contributed by atoms with Crippen LogP contribution in [0.15, 0.2) is 54.7 Å². The smallest absolute Gasteiger partial charge is 0.248 e. The average molecular weight is 445 g/mol. The van der Waals surface area contributed by atoms with Gasteiger partial charge in [-0.25, -0.2) is 9.67 Å². The molecule has 3 aromatic rings. The fraction of sp³-hybridized carbons (Fsp3) is 0.280. The lowest BCUT2D eigenvalue weighted by molar-refractivity contribution is -0.122. The maximum Gasteiger partial charge on any atom is 0.248 e. The molecule has 1 fully saturated rings. The van der Waals surface area contributed by atoms with Gasteiger partial charge in [0.25, 0.3) is 0 Å². The van der Waals surface area contributed by atoms with E-state index in [1.54, 1.807) is 12.3 Å². The summed E-state index contributed by atoms with van der Waals surface area (Å²) in [6, 6.07) is 13.5. The van der Waals surface area contributed by atoms with E-state index in [4.69, 9.17) is 5.73 Å². The Bertz CT molecular complexity index is 1170. The van der Waals surface area contributed by atoms with Gasteiger partial charge in [0.1, 0.15) is 5.82 Å². The average Bonchev–Trinajstić information content (AvgIpc) is 3.12. The first-order valence-electron chi connectivity index (χ1n) is 11.0. The van der Waals surface area contributed by atoms with Crippen LogP contribution in [0.5, 0.6) is 0 Å². The van der Waals surface area contributed by atoms with E-state index in [0.29, 0.717) is 12.2 Å². The molecular formula is C25H28N6O2. The van der Waals surface area contributed by atoms with Crippen LogP contribution in [0.25, 0.3) is 11.8 Å². The summed E-state index contributed by atoms with van der Waals surface area (Å²) in [5, 5.41) is 7.44. The normalized spacial score (nSPS) is 16.2. The predicted octanol–water partition coefficient (Wildman–Crippen LogP) is 3.24. The first-order valence-corrected chi connectivity index (χ1v) is 11.0. The molecule has 2 aromatic heterocycles. The number of pyridine rings is 1. The third kappa shape index (κ3) is 5.11. The van der Waals surface area contributed by atoms with Crippen LogP contribution in [0.3, 0.4) is 0 Å². The Labute approximate surface area is 193 Å². The molecule has 0 aliphatic carbocycles. The topological polar surface area (TPSA) is 106 Å². The largest absolute Gasteiger partial charge is 0.369 e. The number of nitrogens with two attached hydrogens (primary N) is 1. The fourth-order valence-corrected chi connectivity index (χ4v) is 4.12. The molecule has 1 atom stereocenters. The van der Waals surface area contributed by atoms with E-state index in [9.17, 15) is 9.59 Å². The summed E-state index contributed by atoms with van der Waals surface area (Å²) in [6.45, 7) is 5.32. The van der Waals surface area contributed by atoms with Gasteiger partial charge in [-0.2, -0.15) is 5.10 Å². The van der Waals surface area contributed by atoms with E-state index in [1.165, 1.54) is 6.08 Å². The van der Waals surface area contributed by atoms with Crippen molar-refractivity contribution in [2.24, 2.45) is 11.7 Å². The van der Waals surface area contributed by atoms with Crippen molar-refractivity contribution >= 4 is 29.4 Å². The van der Waals surface area contributed by atoms with E-state index in [1.807, 2.05) is 61.0 Å². The summed E-state index contributed by atoms with van der Waals surface area (Å²) in [6.07, 6.45) is 6.63. The van der Waals surface area contributed by atoms with Crippen molar-refractivity contribution in [3.63, 3.8) is 0 Å². The molecule has 33 heavy (non-hydrogen) atoms. The number of rotatable bonds is 6. The van der Waals surface area contributed by atoms with Crippen molar-refractivity contribution < 1.29 is 9.59 Å². The van der Waals surface area contributed by atoms with Gasteiger partial charge in [0.05, 0.1) is 29.2 Å². The molecule has 8 heteroatoms. The van der Waals surface area contributed by atoms with Gasteiger partial charge in [0.15, 0.2) is 0 Å². The number of para-hydroxylation sites is 1. The zero-order valence-corrected chi connectivity index (χ0v) is 18.9. The second-order valence-electron chi connectivity index (χ2n) is 8.25. The van der Waals surface area contributed by atoms with Crippen LogP contribution in [0, 0.1) is 19.8 Å². The molecule has 3 heterocycles. The Morgan fingerprint density at radius 2 is 1.94 bits per heavy atom. The van der Waals surface area contributed by atoms with Crippen LogP contribution in [0.4, 0.5) is 11.5 Å². The van der Waals surface area contributed by atoms with Crippen LogP contribution in [0.2, 0.25) is 0 Å². The Kier molecular flexibility index (Phi) is 6.53. The van der Waals surface area contributed by atoms with Gasteiger partial charge in [-0.3, -0.25) is 9.59 Å². The molecule has 0 spiro atoms. The van der Waals surface area contributed by atoms with Crippen LogP contribution in [-0.4, -0.2) is 39.7 Å². The van der Waals surface area contributed by atoms with Crippen molar-refractivity contribution in [2.75, 3.05) is 23.3 Å². The van der Waals surface area contributed by atoms with Crippen molar-refractivity contribution in [1.82, 2.24) is 14.8 Å². The number of benzene rings is 1. The molecule has 0 bridgehead atoms. The lowest BCUT2D eigenvalue weighted by atomic mass is 9.97. The van der Waals surface area contributed by atoms with E-state index in [-0.39, 0.29) is 17.7 Å². The van der Waals surface area contributed by atoms with Crippen molar-refractivity contribution in [1.29, 1.82) is 0 Å². The molecule has 1 unspecified atom stereocenters. The number of carbonyl (C=O) groups is 2.